The molecule has 0 saturated heterocycles. The number of hydrogen-bond acceptors (Lipinski definition) is 3. The third kappa shape index (κ3) is 23.8. The molecule has 0 atom stereocenters. The summed E-state index contributed by atoms with van der Waals surface area (Å²) in [6, 6.07) is 0. The molecule has 0 radical (unpaired) electrons. The van der Waals surface area contributed by atoms with E-state index in [0.29, 0.717) is 6.42 Å². The van der Waals surface area contributed by atoms with Crippen molar-refractivity contribution in [1.29, 1.82) is 0 Å². The quantitative estimate of drug-likeness (QED) is 0.256. The average molecular weight is 344 g/mol. The summed E-state index contributed by atoms with van der Waals surface area (Å²) < 4.78 is 10.4. The van der Waals surface area contributed by atoms with Crippen LogP contribution in [0.3, 0.4) is 0 Å². The molecule has 0 heterocycles. The van der Waals surface area contributed by atoms with Gasteiger partial charge in [0.2, 0.25) is 0 Å². The van der Waals surface area contributed by atoms with Gasteiger partial charge in [0.15, 0.2) is 0 Å². The zero-order chi connectivity index (χ0) is 15.1. The van der Waals surface area contributed by atoms with E-state index in [1.165, 1.54) is 70.6 Å². The number of unbranched alkanes of at least 4 members (excludes halogenated alkanes) is 13. The summed E-state index contributed by atoms with van der Waals surface area (Å²) in [7, 11) is -4.25. The van der Waals surface area contributed by atoms with E-state index in [2.05, 4.69) is 6.92 Å². The molecule has 0 aromatic carbocycles. The molecule has 122 valence electrons. The molecule has 0 bridgehead atoms. The van der Waals surface area contributed by atoms with Gasteiger partial charge in [-0.25, -0.2) is 0 Å². The molecular weight excluding hydrogens is 311 g/mol. The molecule has 0 spiro atoms. The van der Waals surface area contributed by atoms with E-state index in [-0.39, 0.29) is 43.9 Å². The largest absolute Gasteiger partial charge is 2.00 e. The molecule has 0 aromatic rings. The van der Waals surface area contributed by atoms with E-state index in [1.54, 1.807) is 0 Å². The Balaban J connectivity index is 0. The van der Waals surface area contributed by atoms with Gasteiger partial charge in [-0.05, 0) is 12.6 Å². The Morgan fingerprint density at radius 3 is 1.19 bits per heavy atom. The van der Waals surface area contributed by atoms with Gasteiger partial charge in [-0.15, -0.1) is 0 Å². The Hall–Kier alpha value is 1.41. The van der Waals surface area contributed by atoms with Crippen molar-refractivity contribution in [2.75, 3.05) is 6.16 Å². The average Bonchev–Trinajstić information content (AvgIpc) is 2.38. The summed E-state index contributed by atoms with van der Waals surface area (Å²) >= 11 is 0. The van der Waals surface area contributed by atoms with E-state index in [0.717, 1.165) is 12.8 Å². The topological polar surface area (TPSA) is 63.2 Å². The smallest absolute Gasteiger partial charge is 0.811 e. The van der Waals surface area contributed by atoms with Crippen molar-refractivity contribution in [1.82, 2.24) is 0 Å². The van der Waals surface area contributed by atoms with Crippen LogP contribution in [0, 0.1) is 0 Å². The van der Waals surface area contributed by atoms with Crippen LogP contribution in [0.1, 0.15) is 96.8 Å². The van der Waals surface area contributed by atoms with Gasteiger partial charge in [-0.3, -0.25) is 0 Å². The predicted molar refractivity (Wildman–Crippen MR) is 88.5 cm³/mol. The molecule has 0 amide bonds. The second kappa shape index (κ2) is 17.8. The SMILES string of the molecule is CCCCCCCCCCCCCCCCP(=O)([O-])[O-].[Ca+2]. The van der Waals surface area contributed by atoms with E-state index in [1.807, 2.05) is 0 Å². The number of rotatable bonds is 15. The summed E-state index contributed by atoms with van der Waals surface area (Å²) in [4.78, 5) is 20.8. The zero-order valence-electron chi connectivity index (χ0n) is 14.0. The van der Waals surface area contributed by atoms with Crippen LogP contribution >= 0.6 is 7.60 Å². The molecule has 0 aromatic heterocycles. The number of hydrogen-bond donors (Lipinski definition) is 0. The summed E-state index contributed by atoms with van der Waals surface area (Å²) in [6.45, 7) is 2.25. The van der Waals surface area contributed by atoms with Crippen LogP contribution in [0.4, 0.5) is 0 Å². The molecule has 0 fully saturated rings. The van der Waals surface area contributed by atoms with Crippen molar-refractivity contribution in [2.24, 2.45) is 0 Å². The second-order valence-electron chi connectivity index (χ2n) is 5.93. The predicted octanol–water partition coefficient (Wildman–Crippen LogP) is 4.00. The van der Waals surface area contributed by atoms with Crippen LogP contribution < -0.4 is 9.79 Å². The van der Waals surface area contributed by atoms with E-state index < -0.39 is 7.60 Å². The maximum atomic E-state index is 10.4. The van der Waals surface area contributed by atoms with Gasteiger partial charge in [-0.2, -0.15) is 0 Å². The molecule has 0 aliphatic carbocycles. The molecular formula is C16H33CaO3P. The Morgan fingerprint density at radius 1 is 0.619 bits per heavy atom. The summed E-state index contributed by atoms with van der Waals surface area (Å²) in [6.07, 6.45) is 17.0. The van der Waals surface area contributed by atoms with Gasteiger partial charge < -0.3 is 14.4 Å². The van der Waals surface area contributed by atoms with Crippen LogP contribution in [0.2, 0.25) is 0 Å². The molecule has 3 nitrogen and oxygen atoms in total. The third-order valence-electron chi connectivity index (χ3n) is 3.79. The Labute approximate surface area is 161 Å². The van der Waals surface area contributed by atoms with Gasteiger partial charge >= 0.3 is 37.7 Å². The van der Waals surface area contributed by atoms with Crippen LogP contribution in [0.25, 0.3) is 0 Å². The molecule has 0 rings (SSSR count). The van der Waals surface area contributed by atoms with Gasteiger partial charge in [0.05, 0.1) is 0 Å². The minimum Gasteiger partial charge on any atom is -0.811 e. The monoisotopic (exact) mass is 344 g/mol. The second-order valence-corrected chi connectivity index (χ2v) is 7.60. The van der Waals surface area contributed by atoms with Crippen LogP contribution in [0.5, 0.6) is 0 Å². The summed E-state index contributed by atoms with van der Waals surface area (Å²) in [5.74, 6) is 0. The molecule has 0 unspecified atom stereocenters. The Morgan fingerprint density at radius 2 is 0.905 bits per heavy atom. The van der Waals surface area contributed by atoms with Crippen molar-refractivity contribution in [3.63, 3.8) is 0 Å². The first kappa shape index (κ1) is 24.7. The minimum absolute atomic E-state index is 0. The molecule has 5 heteroatoms. The first-order valence-electron chi connectivity index (χ1n) is 8.57. The Kier molecular flexibility index (Phi) is 20.9. The van der Waals surface area contributed by atoms with Gasteiger partial charge in [0.25, 0.3) is 0 Å². The molecule has 0 aliphatic rings. The fourth-order valence-corrected chi connectivity index (χ4v) is 3.11. The van der Waals surface area contributed by atoms with E-state index >= 15 is 0 Å². The van der Waals surface area contributed by atoms with Crippen LogP contribution in [-0.2, 0) is 4.57 Å². The van der Waals surface area contributed by atoms with Gasteiger partial charge in [-0.1, -0.05) is 98.0 Å². The van der Waals surface area contributed by atoms with E-state index in [9.17, 15) is 14.4 Å². The summed E-state index contributed by atoms with van der Waals surface area (Å²) in [5, 5.41) is 0. The molecule has 21 heavy (non-hydrogen) atoms. The van der Waals surface area contributed by atoms with Crippen molar-refractivity contribution in [2.45, 2.75) is 96.8 Å². The molecule has 0 N–H and O–H groups in total. The maximum Gasteiger partial charge on any atom is 2.00 e. The first-order chi connectivity index (χ1) is 9.56. The molecule has 0 saturated carbocycles. The standard InChI is InChI=1S/C16H35O3P.Ca/c1-2-3-4-5-6-7-8-9-10-11-12-13-14-15-16-20(17,18)19;/h2-16H2,1H3,(H2,17,18,19);/q;+2/p-2. The van der Waals surface area contributed by atoms with Gasteiger partial charge in [0.1, 0.15) is 0 Å². The van der Waals surface area contributed by atoms with Crippen molar-refractivity contribution >= 4 is 45.3 Å². The molecule has 0 aliphatic heterocycles. The maximum absolute atomic E-state index is 10.4. The zero-order valence-corrected chi connectivity index (χ0v) is 17.1. The summed E-state index contributed by atoms with van der Waals surface area (Å²) in [5.41, 5.74) is 0. The normalized spacial score (nSPS) is 11.4. The van der Waals surface area contributed by atoms with Gasteiger partial charge in [0, 0.05) is 0 Å². The Bertz CT molecular complexity index is 244. The fraction of sp³-hybridized carbons (Fsp3) is 1.00. The van der Waals surface area contributed by atoms with E-state index in [4.69, 9.17) is 0 Å². The van der Waals surface area contributed by atoms with Crippen molar-refractivity contribution in [3.05, 3.63) is 0 Å². The third-order valence-corrected chi connectivity index (χ3v) is 4.65. The fourth-order valence-electron chi connectivity index (χ4n) is 2.50. The van der Waals surface area contributed by atoms with Crippen molar-refractivity contribution < 1.29 is 14.4 Å². The van der Waals surface area contributed by atoms with Crippen molar-refractivity contribution in [3.8, 4) is 0 Å². The first-order valence-corrected chi connectivity index (χ1v) is 10.3. The minimum atomic E-state index is -4.25. The van der Waals surface area contributed by atoms with Crippen LogP contribution in [-0.4, -0.2) is 43.9 Å². The van der Waals surface area contributed by atoms with Crippen LogP contribution in [0.15, 0.2) is 0 Å².